The van der Waals surface area contributed by atoms with Gasteiger partial charge in [0.15, 0.2) is 0 Å². The number of ether oxygens (including phenoxy) is 1. The van der Waals surface area contributed by atoms with Crippen LogP contribution in [0.5, 0.6) is 0 Å². The molecule has 0 aromatic heterocycles. The molecule has 0 aromatic rings. The number of hydrogen-bond donors (Lipinski definition) is 1. The molecule has 0 amide bonds. The molecule has 0 saturated carbocycles. The van der Waals surface area contributed by atoms with Crippen molar-refractivity contribution in [1.82, 2.24) is 5.32 Å². The van der Waals surface area contributed by atoms with Crippen molar-refractivity contribution in [3.8, 4) is 0 Å². The van der Waals surface area contributed by atoms with Crippen LogP contribution in [-0.4, -0.2) is 38.6 Å². The zero-order chi connectivity index (χ0) is 19.4. The van der Waals surface area contributed by atoms with E-state index < -0.39 is 7.60 Å². The first-order chi connectivity index (χ1) is 12.4. The van der Waals surface area contributed by atoms with Gasteiger partial charge in [0.25, 0.3) is 0 Å². The second kappa shape index (κ2) is 9.05. The van der Waals surface area contributed by atoms with Crippen LogP contribution in [0.1, 0.15) is 60.8 Å². The van der Waals surface area contributed by atoms with Gasteiger partial charge in [-0.2, -0.15) is 0 Å². The van der Waals surface area contributed by atoms with Gasteiger partial charge < -0.3 is 19.1 Å². The Morgan fingerprint density at radius 1 is 1.23 bits per heavy atom. The van der Waals surface area contributed by atoms with Crippen LogP contribution >= 0.6 is 7.60 Å². The minimum Gasteiger partial charge on any atom is -0.387 e. The van der Waals surface area contributed by atoms with Crippen LogP contribution in [0.15, 0.2) is 22.4 Å². The van der Waals surface area contributed by atoms with Crippen LogP contribution in [0, 0.1) is 5.41 Å². The minimum absolute atomic E-state index is 0.0906. The Bertz CT molecular complexity index is 603. The van der Waals surface area contributed by atoms with Gasteiger partial charge in [0.1, 0.15) is 0 Å². The molecule has 0 unspecified atom stereocenters. The molecule has 1 aliphatic carbocycles. The van der Waals surface area contributed by atoms with Gasteiger partial charge in [-0.25, -0.2) is 0 Å². The van der Waals surface area contributed by atoms with Gasteiger partial charge in [-0.3, -0.25) is 4.57 Å². The van der Waals surface area contributed by atoms with Crippen LogP contribution in [0.4, 0.5) is 0 Å². The summed E-state index contributed by atoms with van der Waals surface area (Å²) in [5, 5.41) is 3.61. The molecule has 1 aliphatic heterocycles. The minimum atomic E-state index is -3.03. The van der Waals surface area contributed by atoms with Gasteiger partial charge in [-0.15, -0.1) is 0 Å². The summed E-state index contributed by atoms with van der Waals surface area (Å²) in [4.78, 5) is 0. The van der Waals surface area contributed by atoms with E-state index in [4.69, 9.17) is 13.8 Å². The fourth-order valence-corrected chi connectivity index (χ4v) is 5.94. The maximum Gasteiger partial charge on any atom is 0.332 e. The summed E-state index contributed by atoms with van der Waals surface area (Å²) >= 11 is 0. The predicted octanol–water partition coefficient (Wildman–Crippen LogP) is 5.04. The molecule has 0 radical (unpaired) electrons. The molecule has 1 fully saturated rings. The first-order valence-electron chi connectivity index (χ1n) is 10.1. The molecule has 1 saturated heterocycles. The quantitative estimate of drug-likeness (QED) is 0.505. The molecule has 26 heavy (non-hydrogen) atoms. The highest BCUT2D eigenvalue weighted by Crippen LogP contribution is 2.55. The van der Waals surface area contributed by atoms with Gasteiger partial charge in [0.2, 0.25) is 0 Å². The molecule has 1 N–H and O–H groups in total. The molecule has 2 atom stereocenters. The number of fused-ring (bicyclic) bond motifs is 1. The first kappa shape index (κ1) is 21.7. The summed E-state index contributed by atoms with van der Waals surface area (Å²) < 4.78 is 29.7. The van der Waals surface area contributed by atoms with E-state index in [0.29, 0.717) is 25.9 Å². The summed E-state index contributed by atoms with van der Waals surface area (Å²) in [5.74, 6) is 0. The monoisotopic (exact) mass is 385 g/mol. The highest BCUT2D eigenvalue weighted by molar-refractivity contribution is 7.53. The van der Waals surface area contributed by atoms with Gasteiger partial charge in [-0.05, 0) is 57.3 Å². The second-order valence-electron chi connectivity index (χ2n) is 7.20. The lowest BCUT2D eigenvalue weighted by Gasteiger charge is -2.33. The van der Waals surface area contributed by atoms with Crippen LogP contribution < -0.4 is 5.32 Å². The lowest BCUT2D eigenvalue weighted by Crippen LogP contribution is -2.37. The Kier molecular flexibility index (Phi) is 7.55. The van der Waals surface area contributed by atoms with Gasteiger partial charge in [0.05, 0.1) is 37.5 Å². The molecule has 6 heteroatoms. The molecule has 5 nitrogen and oxygen atoms in total. The van der Waals surface area contributed by atoms with E-state index in [1.54, 1.807) is 0 Å². The third-order valence-corrected chi connectivity index (χ3v) is 7.74. The molecule has 150 valence electrons. The van der Waals surface area contributed by atoms with Crippen LogP contribution in [0.25, 0.3) is 0 Å². The average molecular weight is 385 g/mol. The Labute approximate surface area is 159 Å². The van der Waals surface area contributed by atoms with Gasteiger partial charge in [0, 0.05) is 12.2 Å². The van der Waals surface area contributed by atoms with Crippen molar-refractivity contribution < 1.29 is 18.3 Å². The van der Waals surface area contributed by atoms with Crippen molar-refractivity contribution in [2.24, 2.45) is 5.41 Å². The van der Waals surface area contributed by atoms with E-state index in [-0.39, 0.29) is 11.5 Å². The largest absolute Gasteiger partial charge is 0.387 e. The molecular formula is C20H36NO4P. The molecular weight excluding hydrogens is 349 g/mol. The lowest BCUT2D eigenvalue weighted by molar-refractivity contribution is 0.0604. The highest BCUT2D eigenvalue weighted by Gasteiger charge is 2.51. The number of hydrogen-bond acceptors (Lipinski definition) is 5. The van der Waals surface area contributed by atoms with Crippen molar-refractivity contribution in [2.45, 2.75) is 66.9 Å². The van der Waals surface area contributed by atoms with E-state index in [0.717, 1.165) is 25.9 Å². The maximum atomic E-state index is 12.7. The molecule has 1 heterocycles. The predicted molar refractivity (Wildman–Crippen MR) is 107 cm³/mol. The molecule has 0 aromatic carbocycles. The Morgan fingerprint density at radius 3 is 2.42 bits per heavy atom. The van der Waals surface area contributed by atoms with Gasteiger partial charge in [-0.1, -0.05) is 20.3 Å². The Balaban J connectivity index is 2.18. The summed E-state index contributed by atoms with van der Waals surface area (Å²) in [7, 11) is -3.03. The SMILES string of the molecule is CCC[C@H]1OCC2=C(C)C(CC)=C(NCCP(=O)(OCC)OCC)[C@]21C. The van der Waals surface area contributed by atoms with E-state index in [1.165, 1.54) is 22.4 Å². The summed E-state index contributed by atoms with van der Waals surface area (Å²) in [6, 6.07) is 0. The van der Waals surface area contributed by atoms with E-state index >= 15 is 0 Å². The summed E-state index contributed by atoms with van der Waals surface area (Å²) in [6.45, 7) is 14.7. The summed E-state index contributed by atoms with van der Waals surface area (Å²) in [6.07, 6.45) is 3.71. The van der Waals surface area contributed by atoms with Crippen molar-refractivity contribution in [3.05, 3.63) is 22.4 Å². The maximum absolute atomic E-state index is 12.7. The van der Waals surface area contributed by atoms with Crippen LogP contribution in [0.3, 0.4) is 0 Å². The number of rotatable bonds is 11. The zero-order valence-electron chi connectivity index (χ0n) is 17.3. The Morgan fingerprint density at radius 2 is 1.88 bits per heavy atom. The smallest absolute Gasteiger partial charge is 0.332 e. The fraction of sp³-hybridized carbons (Fsp3) is 0.800. The fourth-order valence-electron chi connectivity index (χ4n) is 4.43. The van der Waals surface area contributed by atoms with Crippen LogP contribution in [0.2, 0.25) is 0 Å². The van der Waals surface area contributed by atoms with E-state index in [1.807, 2.05) is 13.8 Å². The number of nitrogens with one attached hydrogen (secondary N) is 1. The van der Waals surface area contributed by atoms with Crippen molar-refractivity contribution in [3.63, 3.8) is 0 Å². The normalized spacial score (nSPS) is 26.0. The topological polar surface area (TPSA) is 56.8 Å². The molecule has 0 bridgehead atoms. The zero-order valence-corrected chi connectivity index (χ0v) is 18.2. The highest BCUT2D eigenvalue weighted by atomic mass is 31.2. The Hall–Kier alpha value is -0.610. The lowest BCUT2D eigenvalue weighted by atomic mass is 9.77. The summed E-state index contributed by atoms with van der Waals surface area (Å²) in [5.41, 5.74) is 5.33. The average Bonchev–Trinajstić information content (AvgIpc) is 3.01. The first-order valence-corrected chi connectivity index (χ1v) is 11.8. The van der Waals surface area contributed by atoms with Crippen LogP contribution in [-0.2, 0) is 18.3 Å². The second-order valence-corrected chi connectivity index (χ2v) is 9.38. The van der Waals surface area contributed by atoms with Crippen molar-refractivity contribution in [2.75, 3.05) is 32.5 Å². The standard InChI is InChI=1S/C20H36NO4P/c1-7-11-18-20(6)17(14-23-18)15(5)16(8-2)19(20)21-12-13-26(22,24-9-3)25-10-4/h18,21H,7-14H2,1-6H3/t18-,20-/m1/s1. The molecule has 2 aliphatic rings. The third-order valence-electron chi connectivity index (χ3n) is 5.67. The van der Waals surface area contributed by atoms with E-state index in [9.17, 15) is 4.57 Å². The third kappa shape index (κ3) is 3.96. The number of allylic oxidation sites excluding steroid dienone is 2. The van der Waals surface area contributed by atoms with Crippen molar-refractivity contribution in [1.29, 1.82) is 0 Å². The molecule has 0 spiro atoms. The van der Waals surface area contributed by atoms with Crippen molar-refractivity contribution >= 4 is 7.60 Å². The van der Waals surface area contributed by atoms with Gasteiger partial charge >= 0.3 is 7.60 Å². The molecule has 2 rings (SSSR count). The van der Waals surface area contributed by atoms with E-state index in [2.05, 4.69) is 33.0 Å².